The second-order valence-electron chi connectivity index (χ2n) is 4.38. The van der Waals surface area contributed by atoms with Gasteiger partial charge in [0.25, 0.3) is 0 Å². The Morgan fingerprint density at radius 1 is 1.06 bits per heavy atom. The molecule has 0 fully saturated rings. The molecule has 2 heteroatoms. The molecule has 3 aliphatic rings. The van der Waals surface area contributed by atoms with Gasteiger partial charge in [0.1, 0.15) is 5.54 Å². The summed E-state index contributed by atoms with van der Waals surface area (Å²) in [5.74, 6) is 0. The molecule has 1 unspecified atom stereocenters. The number of hydrogen-bond donors (Lipinski definition) is 0. The van der Waals surface area contributed by atoms with E-state index in [0.29, 0.717) is 0 Å². The number of allylic oxidation sites excluding steroid dienone is 2. The van der Waals surface area contributed by atoms with Crippen molar-refractivity contribution in [1.29, 1.82) is 0 Å². The van der Waals surface area contributed by atoms with Gasteiger partial charge >= 0.3 is 0 Å². The number of para-hydroxylation sites is 1. The van der Waals surface area contributed by atoms with Gasteiger partial charge in [-0.05, 0) is 23.3 Å². The monoisotopic (exact) mass is 218 g/mol. The fourth-order valence-electron chi connectivity index (χ4n) is 2.70. The third-order valence-corrected chi connectivity index (χ3v) is 3.48. The Morgan fingerprint density at radius 2 is 2.00 bits per heavy atom. The molecule has 0 bridgehead atoms. The zero-order valence-electron chi connectivity index (χ0n) is 9.17. The second-order valence-corrected chi connectivity index (χ2v) is 4.38. The van der Waals surface area contributed by atoms with Crippen molar-refractivity contribution in [2.75, 3.05) is 0 Å². The first-order valence-electron chi connectivity index (χ1n) is 5.70. The molecule has 1 spiro atoms. The molecular formula is C15H10N2. The zero-order chi connectivity index (χ0) is 11.3. The Hall–Kier alpha value is -2.22. The van der Waals surface area contributed by atoms with E-state index in [9.17, 15) is 0 Å². The summed E-state index contributed by atoms with van der Waals surface area (Å²) in [4.78, 5) is 9.15. The zero-order valence-corrected chi connectivity index (χ0v) is 9.17. The summed E-state index contributed by atoms with van der Waals surface area (Å²) in [7, 11) is 0. The first-order valence-corrected chi connectivity index (χ1v) is 5.70. The van der Waals surface area contributed by atoms with Crippen molar-refractivity contribution in [2.45, 2.75) is 5.54 Å². The van der Waals surface area contributed by atoms with E-state index >= 15 is 0 Å². The molecule has 0 amide bonds. The molecule has 1 aromatic rings. The smallest absolute Gasteiger partial charge is 0.147 e. The topological polar surface area (TPSA) is 24.7 Å². The number of benzene rings is 1. The minimum Gasteiger partial charge on any atom is -0.266 e. The molecule has 80 valence electrons. The van der Waals surface area contributed by atoms with Crippen LogP contribution in [0, 0.1) is 0 Å². The van der Waals surface area contributed by atoms with Gasteiger partial charge < -0.3 is 0 Å². The molecule has 2 aliphatic heterocycles. The Morgan fingerprint density at radius 3 is 3.00 bits per heavy atom. The molecule has 2 heterocycles. The first-order chi connectivity index (χ1) is 8.40. The predicted octanol–water partition coefficient (Wildman–Crippen LogP) is 1.30. The summed E-state index contributed by atoms with van der Waals surface area (Å²) < 4.78 is 0. The molecule has 0 saturated carbocycles. The van der Waals surface area contributed by atoms with E-state index in [4.69, 9.17) is 4.99 Å². The van der Waals surface area contributed by atoms with E-state index in [0.717, 1.165) is 5.36 Å². The molecule has 0 aromatic heterocycles. The van der Waals surface area contributed by atoms with Gasteiger partial charge in [-0.3, -0.25) is 9.98 Å². The number of aliphatic imine (C=N–C) groups is 1. The third kappa shape index (κ3) is 0.998. The van der Waals surface area contributed by atoms with Gasteiger partial charge in [0.05, 0.1) is 5.36 Å². The van der Waals surface area contributed by atoms with Crippen LogP contribution in [0.15, 0.2) is 70.3 Å². The molecule has 0 radical (unpaired) electrons. The van der Waals surface area contributed by atoms with Crippen LogP contribution in [0.3, 0.4) is 0 Å². The maximum absolute atomic E-state index is 4.87. The molecule has 2 nitrogen and oxygen atoms in total. The van der Waals surface area contributed by atoms with Crippen LogP contribution in [0.1, 0.15) is 0 Å². The Balaban J connectivity index is 2.18. The lowest BCUT2D eigenvalue weighted by Gasteiger charge is -2.29. The van der Waals surface area contributed by atoms with Gasteiger partial charge in [-0.25, -0.2) is 0 Å². The van der Waals surface area contributed by atoms with Crippen LogP contribution in [0.5, 0.6) is 0 Å². The fourth-order valence-corrected chi connectivity index (χ4v) is 2.70. The lowest BCUT2D eigenvalue weighted by atomic mass is 9.80. The van der Waals surface area contributed by atoms with Gasteiger partial charge in [0.15, 0.2) is 0 Å². The van der Waals surface area contributed by atoms with Crippen molar-refractivity contribution in [1.82, 2.24) is 0 Å². The first kappa shape index (κ1) is 8.88. The molecule has 17 heavy (non-hydrogen) atoms. The third-order valence-electron chi connectivity index (χ3n) is 3.48. The van der Waals surface area contributed by atoms with Crippen LogP contribution in [-0.4, -0.2) is 11.8 Å². The van der Waals surface area contributed by atoms with Crippen molar-refractivity contribution < 1.29 is 0 Å². The molecule has 0 saturated heterocycles. The Bertz CT molecular complexity index is 747. The Kier molecular flexibility index (Phi) is 1.52. The van der Waals surface area contributed by atoms with Crippen molar-refractivity contribution in [3.63, 3.8) is 0 Å². The lowest BCUT2D eigenvalue weighted by Crippen LogP contribution is -2.33. The van der Waals surface area contributed by atoms with Crippen LogP contribution in [-0.2, 0) is 0 Å². The molecular weight excluding hydrogens is 208 g/mol. The van der Waals surface area contributed by atoms with Gasteiger partial charge in [-0.2, -0.15) is 0 Å². The summed E-state index contributed by atoms with van der Waals surface area (Å²) in [6.45, 7) is 0. The largest absolute Gasteiger partial charge is 0.266 e. The van der Waals surface area contributed by atoms with Crippen molar-refractivity contribution in [2.24, 2.45) is 9.98 Å². The van der Waals surface area contributed by atoms with Crippen LogP contribution >= 0.6 is 0 Å². The van der Waals surface area contributed by atoms with Crippen molar-refractivity contribution >= 4 is 11.8 Å². The number of fused-ring (bicyclic) bond motifs is 1. The second kappa shape index (κ2) is 2.92. The van der Waals surface area contributed by atoms with E-state index < -0.39 is 0 Å². The van der Waals surface area contributed by atoms with Gasteiger partial charge in [0.2, 0.25) is 0 Å². The van der Waals surface area contributed by atoms with Crippen molar-refractivity contribution in [3.05, 3.63) is 70.9 Å². The van der Waals surface area contributed by atoms with E-state index in [1.54, 1.807) is 0 Å². The maximum Gasteiger partial charge on any atom is 0.147 e. The van der Waals surface area contributed by atoms with Crippen LogP contribution < -0.4 is 10.6 Å². The fraction of sp³-hybridized carbons (Fsp3) is 0.0667. The molecule has 1 atom stereocenters. The van der Waals surface area contributed by atoms with Gasteiger partial charge in [-0.15, -0.1) is 0 Å². The van der Waals surface area contributed by atoms with Gasteiger partial charge in [0, 0.05) is 17.6 Å². The van der Waals surface area contributed by atoms with E-state index in [2.05, 4.69) is 41.4 Å². The average molecular weight is 218 g/mol. The lowest BCUT2D eigenvalue weighted by molar-refractivity contribution is 0.855. The standard InChI is InChI=1S/C15H10N2/c1-2-7-14-12(5-1)13-6-3-4-11-8-9-16-10-15(11,13)17-14/h1-10H. The average Bonchev–Trinajstić information content (AvgIpc) is 2.71. The summed E-state index contributed by atoms with van der Waals surface area (Å²) in [5, 5.41) is 2.28. The van der Waals surface area contributed by atoms with Gasteiger partial charge in [-0.1, -0.05) is 36.4 Å². The highest BCUT2D eigenvalue weighted by Crippen LogP contribution is 2.36. The summed E-state index contributed by atoms with van der Waals surface area (Å²) in [5.41, 5.74) is 2.06. The summed E-state index contributed by atoms with van der Waals surface area (Å²) in [6, 6.07) is 8.27. The van der Waals surface area contributed by atoms with E-state index in [1.165, 1.54) is 16.4 Å². The quantitative estimate of drug-likeness (QED) is 0.627. The SMILES string of the molecule is C1=CC2=c3ccccc3=NC23C=NC=CC3=C1. The highest BCUT2D eigenvalue weighted by molar-refractivity contribution is 5.98. The van der Waals surface area contributed by atoms with Crippen LogP contribution in [0.2, 0.25) is 0 Å². The minimum absolute atomic E-state index is 0.368. The predicted molar refractivity (Wildman–Crippen MR) is 68.2 cm³/mol. The molecule has 1 aliphatic carbocycles. The Labute approximate surface area is 98.7 Å². The minimum atomic E-state index is -0.368. The normalized spacial score (nSPS) is 27.1. The van der Waals surface area contributed by atoms with Crippen molar-refractivity contribution in [3.8, 4) is 0 Å². The number of hydrogen-bond acceptors (Lipinski definition) is 2. The summed E-state index contributed by atoms with van der Waals surface area (Å²) >= 11 is 0. The maximum atomic E-state index is 4.87. The highest BCUT2D eigenvalue weighted by atomic mass is 14.9. The molecule has 4 rings (SSSR count). The molecule has 1 aromatic carbocycles. The summed E-state index contributed by atoms with van der Waals surface area (Å²) in [6.07, 6.45) is 12.2. The molecule has 0 N–H and O–H groups in total. The van der Waals surface area contributed by atoms with Crippen LogP contribution in [0.25, 0.3) is 5.57 Å². The van der Waals surface area contributed by atoms with E-state index in [-0.39, 0.29) is 5.54 Å². The van der Waals surface area contributed by atoms with Crippen LogP contribution in [0.4, 0.5) is 0 Å². The number of rotatable bonds is 0. The highest BCUT2D eigenvalue weighted by Gasteiger charge is 2.39. The van der Waals surface area contributed by atoms with E-state index in [1.807, 2.05) is 24.6 Å². The number of nitrogens with zero attached hydrogens (tertiary/aromatic N) is 2.